The fraction of sp³-hybridized carbons (Fsp3) is 0.474. The molecule has 1 aliphatic rings. The summed E-state index contributed by atoms with van der Waals surface area (Å²) in [6.07, 6.45) is 2.16. The predicted octanol–water partition coefficient (Wildman–Crippen LogP) is 5.31. The summed E-state index contributed by atoms with van der Waals surface area (Å²) >= 11 is 4.54. The van der Waals surface area contributed by atoms with Crippen LogP contribution in [0.3, 0.4) is 0 Å². The van der Waals surface area contributed by atoms with E-state index in [1.807, 2.05) is 18.4 Å². The quantitative estimate of drug-likeness (QED) is 0.564. The highest BCUT2D eigenvalue weighted by molar-refractivity contribution is 7.97. The Bertz CT molecular complexity index is 694. The van der Waals surface area contributed by atoms with E-state index in [4.69, 9.17) is 13.1 Å². The maximum atomic E-state index is 6.07. The van der Waals surface area contributed by atoms with Gasteiger partial charge in [0.1, 0.15) is 5.75 Å². The van der Waals surface area contributed by atoms with Crippen molar-refractivity contribution < 1.29 is 13.1 Å². The Hall–Kier alpha value is -0.700. The van der Waals surface area contributed by atoms with Crippen molar-refractivity contribution in [2.45, 2.75) is 34.5 Å². The highest BCUT2D eigenvalue weighted by atomic mass is 32.2. The highest BCUT2D eigenvalue weighted by Crippen LogP contribution is 2.48. The van der Waals surface area contributed by atoms with Crippen LogP contribution in [0, 0.1) is 0 Å². The zero-order valence-electron chi connectivity index (χ0n) is 15.3. The maximum Gasteiger partial charge on any atom is 0.139 e. The van der Waals surface area contributed by atoms with Gasteiger partial charge in [-0.15, -0.1) is 11.3 Å². The molecule has 1 N–H and O–H groups in total. The van der Waals surface area contributed by atoms with E-state index in [1.165, 1.54) is 34.5 Å². The molecular weight excluding hydrogens is 386 g/mol. The number of ether oxygens (including phenoxy) is 1. The first-order chi connectivity index (χ1) is 12.8. The van der Waals surface area contributed by atoms with E-state index in [0.717, 1.165) is 41.5 Å². The topological polar surface area (TPSA) is 39.7 Å². The first-order valence-corrected chi connectivity index (χ1v) is 11.0. The second-order valence-corrected chi connectivity index (χ2v) is 8.98. The van der Waals surface area contributed by atoms with Crippen LogP contribution in [0.15, 0.2) is 39.4 Å². The molecule has 0 saturated carbocycles. The van der Waals surface area contributed by atoms with Gasteiger partial charge >= 0.3 is 0 Å². The summed E-state index contributed by atoms with van der Waals surface area (Å²) in [5.41, 5.74) is 1.29. The van der Waals surface area contributed by atoms with Crippen LogP contribution in [0.4, 0.5) is 0 Å². The van der Waals surface area contributed by atoms with Gasteiger partial charge in [0, 0.05) is 41.4 Å². The molecule has 26 heavy (non-hydrogen) atoms. The molecule has 2 atom stereocenters. The maximum absolute atomic E-state index is 6.07. The standard InChI is InChI=1S/C19H25NO3S3/c1-20-12-14(16-5-4-10-24-16)11-13-8-9-23-18-15(13)6-7-17(25-21-2)19(18)26-22-3/h4-7,10,13-14,20H,8-9,11-12H2,1-3H3. The van der Waals surface area contributed by atoms with Crippen molar-refractivity contribution in [3.8, 4) is 5.75 Å². The van der Waals surface area contributed by atoms with Crippen LogP contribution in [0.2, 0.25) is 0 Å². The van der Waals surface area contributed by atoms with E-state index >= 15 is 0 Å². The van der Waals surface area contributed by atoms with Gasteiger partial charge in [0.05, 0.1) is 30.6 Å². The van der Waals surface area contributed by atoms with E-state index in [0.29, 0.717) is 11.8 Å². The lowest BCUT2D eigenvalue weighted by molar-refractivity contribution is 0.250. The summed E-state index contributed by atoms with van der Waals surface area (Å²) in [5.74, 6) is 1.96. The molecular formula is C19H25NO3S3. The van der Waals surface area contributed by atoms with Gasteiger partial charge in [-0.2, -0.15) is 0 Å². The number of nitrogens with one attached hydrogen (secondary N) is 1. The third-order valence-electron chi connectivity index (χ3n) is 4.56. The van der Waals surface area contributed by atoms with E-state index in [-0.39, 0.29) is 0 Å². The zero-order valence-corrected chi connectivity index (χ0v) is 17.8. The molecule has 1 aliphatic heterocycles. The second kappa shape index (κ2) is 10.0. The molecule has 0 spiro atoms. The second-order valence-electron chi connectivity index (χ2n) is 6.15. The Morgan fingerprint density at radius 1 is 1.27 bits per heavy atom. The van der Waals surface area contributed by atoms with Crippen molar-refractivity contribution in [1.82, 2.24) is 5.32 Å². The molecule has 0 bridgehead atoms. The summed E-state index contributed by atoms with van der Waals surface area (Å²) in [6, 6.07) is 8.71. The molecule has 1 aromatic carbocycles. The van der Waals surface area contributed by atoms with Gasteiger partial charge in [0.2, 0.25) is 0 Å². The van der Waals surface area contributed by atoms with Crippen molar-refractivity contribution in [3.63, 3.8) is 0 Å². The van der Waals surface area contributed by atoms with Crippen LogP contribution in [0.25, 0.3) is 0 Å². The van der Waals surface area contributed by atoms with E-state index < -0.39 is 0 Å². The molecule has 0 amide bonds. The molecule has 0 aliphatic carbocycles. The minimum absolute atomic E-state index is 0.483. The monoisotopic (exact) mass is 411 g/mol. The van der Waals surface area contributed by atoms with Crippen molar-refractivity contribution in [2.24, 2.45) is 0 Å². The molecule has 4 nitrogen and oxygen atoms in total. The number of hydrogen-bond donors (Lipinski definition) is 1. The molecule has 3 rings (SSSR count). The smallest absolute Gasteiger partial charge is 0.139 e. The van der Waals surface area contributed by atoms with E-state index in [1.54, 1.807) is 14.2 Å². The summed E-state index contributed by atoms with van der Waals surface area (Å²) < 4.78 is 16.7. The number of hydrogen-bond acceptors (Lipinski definition) is 7. The van der Waals surface area contributed by atoms with Gasteiger partial charge in [0.25, 0.3) is 0 Å². The van der Waals surface area contributed by atoms with Gasteiger partial charge in [-0.05, 0) is 48.9 Å². The van der Waals surface area contributed by atoms with Crippen molar-refractivity contribution in [2.75, 3.05) is 34.4 Å². The minimum atomic E-state index is 0.483. The average Bonchev–Trinajstić information content (AvgIpc) is 3.18. The number of likely N-dealkylation sites (N-methyl/N-ethyl adjacent to an activating group) is 1. The average molecular weight is 412 g/mol. The SMILES string of the molecule is CNCC(CC1CCOc2c1ccc(SOC)c2SOC)c1cccs1. The van der Waals surface area contributed by atoms with E-state index in [9.17, 15) is 0 Å². The van der Waals surface area contributed by atoms with Crippen molar-refractivity contribution in [1.29, 1.82) is 0 Å². The van der Waals surface area contributed by atoms with Crippen molar-refractivity contribution in [3.05, 3.63) is 40.1 Å². The molecule has 0 radical (unpaired) electrons. The van der Waals surface area contributed by atoms with Crippen molar-refractivity contribution >= 4 is 35.4 Å². The Morgan fingerprint density at radius 3 is 2.81 bits per heavy atom. The van der Waals surface area contributed by atoms with Gasteiger partial charge in [0.15, 0.2) is 0 Å². The molecule has 2 aromatic rings. The van der Waals surface area contributed by atoms with E-state index in [2.05, 4.69) is 35.0 Å². The molecule has 0 saturated heterocycles. The Morgan fingerprint density at radius 2 is 2.12 bits per heavy atom. The third kappa shape index (κ3) is 4.58. The zero-order chi connectivity index (χ0) is 18.4. The largest absolute Gasteiger partial charge is 0.492 e. The summed E-state index contributed by atoms with van der Waals surface area (Å²) in [5, 5.41) is 5.52. The number of thiophene rings is 1. The van der Waals surface area contributed by atoms with Crippen LogP contribution >= 0.6 is 35.4 Å². The summed E-state index contributed by atoms with van der Waals surface area (Å²) in [7, 11) is 5.39. The van der Waals surface area contributed by atoms with Gasteiger partial charge in [-0.1, -0.05) is 12.1 Å². The summed E-state index contributed by atoms with van der Waals surface area (Å²) in [4.78, 5) is 3.50. The number of rotatable bonds is 9. The fourth-order valence-electron chi connectivity index (χ4n) is 3.46. The first kappa shape index (κ1) is 20.0. The lowest BCUT2D eigenvalue weighted by atomic mass is 9.84. The first-order valence-electron chi connectivity index (χ1n) is 8.67. The van der Waals surface area contributed by atoms with Crippen LogP contribution in [-0.4, -0.2) is 34.4 Å². The Kier molecular flexibility index (Phi) is 7.72. The normalized spacial score (nSPS) is 17.6. The molecule has 7 heteroatoms. The predicted molar refractivity (Wildman–Crippen MR) is 111 cm³/mol. The highest BCUT2D eigenvalue weighted by Gasteiger charge is 2.29. The van der Waals surface area contributed by atoms with Crippen LogP contribution in [0.5, 0.6) is 5.75 Å². The van der Waals surface area contributed by atoms with Crippen LogP contribution in [0.1, 0.15) is 35.1 Å². The van der Waals surface area contributed by atoms with Gasteiger partial charge in [-0.3, -0.25) is 0 Å². The molecule has 2 heterocycles. The fourth-order valence-corrected chi connectivity index (χ4v) is 5.55. The van der Waals surface area contributed by atoms with Crippen LogP contribution in [-0.2, 0) is 8.37 Å². The summed E-state index contributed by atoms with van der Waals surface area (Å²) in [6.45, 7) is 1.73. The van der Waals surface area contributed by atoms with Crippen LogP contribution < -0.4 is 10.1 Å². The third-order valence-corrected chi connectivity index (χ3v) is 7.15. The number of fused-ring (bicyclic) bond motifs is 1. The lowest BCUT2D eigenvalue weighted by Gasteiger charge is -2.30. The molecule has 1 aromatic heterocycles. The Labute approximate surface area is 168 Å². The van der Waals surface area contributed by atoms with Gasteiger partial charge < -0.3 is 18.4 Å². The number of benzene rings is 1. The molecule has 2 unspecified atom stereocenters. The molecule has 0 fully saturated rings. The lowest BCUT2D eigenvalue weighted by Crippen LogP contribution is -2.22. The molecule has 142 valence electrons. The van der Waals surface area contributed by atoms with Gasteiger partial charge in [-0.25, -0.2) is 0 Å². The minimum Gasteiger partial charge on any atom is -0.492 e. The Balaban J connectivity index is 1.89.